The highest BCUT2D eigenvalue weighted by Crippen LogP contribution is 2.24. The molecule has 3 aromatic rings. The molecular formula is C18H14Cl2FNO3S2. The molecule has 142 valence electrons. The molecule has 27 heavy (non-hydrogen) atoms. The average molecular weight is 446 g/mol. The normalized spacial score (nSPS) is 11.5. The van der Waals surface area contributed by atoms with Gasteiger partial charge in [0.25, 0.3) is 0 Å². The van der Waals surface area contributed by atoms with Crippen LogP contribution in [0.15, 0.2) is 47.8 Å². The van der Waals surface area contributed by atoms with Crippen LogP contribution in [0, 0.1) is 5.82 Å². The summed E-state index contributed by atoms with van der Waals surface area (Å²) in [5.74, 6) is -0.158. The minimum absolute atomic E-state index is 0.150. The van der Waals surface area contributed by atoms with Gasteiger partial charge in [-0.25, -0.2) is 17.8 Å². The summed E-state index contributed by atoms with van der Waals surface area (Å²) in [5.41, 5.74) is 1.03. The number of sulfone groups is 1. The van der Waals surface area contributed by atoms with Gasteiger partial charge in [-0.3, -0.25) is 0 Å². The van der Waals surface area contributed by atoms with Crippen LogP contribution >= 0.6 is 34.5 Å². The number of benzene rings is 2. The van der Waals surface area contributed by atoms with Crippen molar-refractivity contribution < 1.29 is 17.5 Å². The number of rotatable bonds is 7. The molecule has 0 saturated heterocycles. The van der Waals surface area contributed by atoms with Crippen LogP contribution in [0.4, 0.5) is 4.39 Å². The second kappa shape index (κ2) is 8.56. The molecule has 3 rings (SSSR count). The van der Waals surface area contributed by atoms with Crippen LogP contribution in [0.2, 0.25) is 10.0 Å². The number of ether oxygens (including phenoxy) is 1. The molecule has 0 amide bonds. The lowest BCUT2D eigenvalue weighted by Gasteiger charge is -2.05. The van der Waals surface area contributed by atoms with E-state index >= 15 is 0 Å². The molecule has 0 saturated carbocycles. The van der Waals surface area contributed by atoms with Gasteiger partial charge in [-0.05, 0) is 42.0 Å². The van der Waals surface area contributed by atoms with E-state index in [1.807, 2.05) is 0 Å². The summed E-state index contributed by atoms with van der Waals surface area (Å²) in [7, 11) is -3.42. The number of hydrogen-bond acceptors (Lipinski definition) is 5. The predicted octanol–water partition coefficient (Wildman–Crippen LogP) is 5.28. The van der Waals surface area contributed by atoms with Gasteiger partial charge in [0, 0.05) is 5.38 Å². The first-order valence-electron chi connectivity index (χ1n) is 7.77. The Morgan fingerprint density at radius 1 is 1.04 bits per heavy atom. The highest BCUT2D eigenvalue weighted by molar-refractivity contribution is 7.89. The Bertz CT molecular complexity index is 1040. The van der Waals surface area contributed by atoms with Crippen molar-refractivity contribution in [2.45, 2.75) is 18.1 Å². The third-order valence-corrected chi connectivity index (χ3v) is 6.63. The minimum atomic E-state index is -3.42. The van der Waals surface area contributed by atoms with Crippen molar-refractivity contribution >= 4 is 44.4 Å². The summed E-state index contributed by atoms with van der Waals surface area (Å²) < 4.78 is 43.2. The molecule has 1 aromatic heterocycles. The van der Waals surface area contributed by atoms with E-state index in [9.17, 15) is 12.8 Å². The van der Waals surface area contributed by atoms with Gasteiger partial charge in [-0.2, -0.15) is 0 Å². The molecule has 2 aromatic carbocycles. The topological polar surface area (TPSA) is 56.3 Å². The van der Waals surface area contributed by atoms with Crippen molar-refractivity contribution in [2.75, 3.05) is 0 Å². The van der Waals surface area contributed by atoms with Gasteiger partial charge in [-0.15, -0.1) is 11.3 Å². The van der Waals surface area contributed by atoms with Crippen LogP contribution < -0.4 is 4.74 Å². The van der Waals surface area contributed by atoms with Crippen LogP contribution in [0.1, 0.15) is 16.3 Å². The van der Waals surface area contributed by atoms with E-state index in [2.05, 4.69) is 4.98 Å². The second-order valence-electron chi connectivity index (χ2n) is 5.76. The molecule has 0 aliphatic carbocycles. The first-order chi connectivity index (χ1) is 12.8. The molecule has 0 aliphatic rings. The van der Waals surface area contributed by atoms with E-state index in [0.717, 1.165) is 0 Å². The fourth-order valence-electron chi connectivity index (χ4n) is 2.32. The Balaban J connectivity index is 1.60. The van der Waals surface area contributed by atoms with E-state index in [1.165, 1.54) is 35.6 Å². The Morgan fingerprint density at radius 3 is 2.48 bits per heavy atom. The van der Waals surface area contributed by atoms with Gasteiger partial charge >= 0.3 is 0 Å². The second-order valence-corrected chi connectivity index (χ2v) is 9.58. The van der Waals surface area contributed by atoms with Crippen molar-refractivity contribution in [3.8, 4) is 5.75 Å². The van der Waals surface area contributed by atoms with Crippen LogP contribution in [0.3, 0.4) is 0 Å². The van der Waals surface area contributed by atoms with E-state index in [0.29, 0.717) is 32.1 Å². The average Bonchev–Trinajstić information content (AvgIpc) is 3.04. The number of thiazole rings is 1. The van der Waals surface area contributed by atoms with E-state index < -0.39 is 9.84 Å². The third-order valence-electron chi connectivity index (χ3n) is 3.51. The van der Waals surface area contributed by atoms with Gasteiger partial charge in [0.05, 0.1) is 27.2 Å². The van der Waals surface area contributed by atoms with Crippen LogP contribution in [0.5, 0.6) is 5.75 Å². The number of halogens is 3. The smallest absolute Gasteiger partial charge is 0.160 e. The van der Waals surface area contributed by atoms with E-state index in [4.69, 9.17) is 27.9 Å². The maximum absolute atomic E-state index is 12.9. The van der Waals surface area contributed by atoms with E-state index in [-0.39, 0.29) is 23.9 Å². The summed E-state index contributed by atoms with van der Waals surface area (Å²) in [6, 6.07) is 10.4. The van der Waals surface area contributed by atoms with Gasteiger partial charge in [-0.1, -0.05) is 29.3 Å². The number of aromatic nitrogens is 1. The first-order valence-corrected chi connectivity index (χ1v) is 11.2. The summed E-state index contributed by atoms with van der Waals surface area (Å²) in [6.45, 7) is 0.184. The quantitative estimate of drug-likeness (QED) is 0.496. The zero-order valence-electron chi connectivity index (χ0n) is 13.9. The van der Waals surface area contributed by atoms with Crippen LogP contribution in [0.25, 0.3) is 0 Å². The SMILES string of the molecule is O=S(=O)(Cc1ccc(Cl)c(Cl)c1)Cc1csc(COc2ccc(F)cc2)n1. The highest BCUT2D eigenvalue weighted by Gasteiger charge is 2.16. The zero-order valence-corrected chi connectivity index (χ0v) is 17.0. The monoisotopic (exact) mass is 445 g/mol. The summed E-state index contributed by atoms with van der Waals surface area (Å²) in [5, 5.41) is 3.02. The lowest BCUT2D eigenvalue weighted by Crippen LogP contribution is -2.08. The lowest BCUT2D eigenvalue weighted by atomic mass is 10.2. The molecular weight excluding hydrogens is 432 g/mol. The third kappa shape index (κ3) is 5.90. The highest BCUT2D eigenvalue weighted by atomic mass is 35.5. The lowest BCUT2D eigenvalue weighted by molar-refractivity contribution is 0.305. The number of nitrogens with zero attached hydrogens (tertiary/aromatic N) is 1. The van der Waals surface area contributed by atoms with E-state index in [1.54, 1.807) is 23.6 Å². The molecule has 1 heterocycles. The summed E-state index contributed by atoms with van der Waals surface area (Å²) in [4.78, 5) is 4.29. The predicted molar refractivity (Wildman–Crippen MR) is 106 cm³/mol. The molecule has 0 fully saturated rings. The summed E-state index contributed by atoms with van der Waals surface area (Å²) in [6.07, 6.45) is 0. The van der Waals surface area contributed by atoms with Gasteiger partial charge in [0.1, 0.15) is 23.2 Å². The van der Waals surface area contributed by atoms with Crippen LogP contribution in [-0.2, 0) is 27.9 Å². The molecule has 0 aliphatic heterocycles. The Hall–Kier alpha value is -1.67. The fraction of sp³-hybridized carbons (Fsp3) is 0.167. The largest absolute Gasteiger partial charge is 0.486 e. The van der Waals surface area contributed by atoms with Gasteiger partial charge < -0.3 is 4.74 Å². The maximum Gasteiger partial charge on any atom is 0.160 e. The zero-order chi connectivity index (χ0) is 19.4. The van der Waals surface area contributed by atoms with Crippen molar-refractivity contribution in [3.05, 3.63) is 80.0 Å². The molecule has 0 radical (unpaired) electrons. The van der Waals surface area contributed by atoms with Gasteiger partial charge in [0.2, 0.25) is 0 Å². The van der Waals surface area contributed by atoms with Gasteiger partial charge in [0.15, 0.2) is 9.84 Å². The fourth-order valence-corrected chi connectivity index (χ4v) is 4.84. The molecule has 0 bridgehead atoms. The van der Waals surface area contributed by atoms with Crippen molar-refractivity contribution in [3.63, 3.8) is 0 Å². The molecule has 4 nitrogen and oxygen atoms in total. The molecule has 9 heteroatoms. The molecule has 0 N–H and O–H groups in total. The molecule has 0 atom stereocenters. The summed E-state index contributed by atoms with van der Waals surface area (Å²) >= 11 is 13.1. The minimum Gasteiger partial charge on any atom is -0.486 e. The Kier molecular flexibility index (Phi) is 6.37. The molecule has 0 unspecified atom stereocenters. The van der Waals surface area contributed by atoms with Crippen molar-refractivity contribution in [1.29, 1.82) is 0 Å². The first kappa shape index (κ1) is 20.1. The Labute approximate surface area is 170 Å². The Morgan fingerprint density at radius 2 is 1.78 bits per heavy atom. The van der Waals surface area contributed by atoms with Crippen LogP contribution in [-0.4, -0.2) is 13.4 Å². The van der Waals surface area contributed by atoms with Crippen molar-refractivity contribution in [2.24, 2.45) is 0 Å². The maximum atomic E-state index is 12.9. The standard InChI is InChI=1S/C18H14Cl2FNO3S2/c19-16-6-1-12(7-17(16)20)10-27(23,24)11-14-9-26-18(22-14)8-25-15-4-2-13(21)3-5-15/h1-7,9H,8,10-11H2. The van der Waals surface area contributed by atoms with Crippen molar-refractivity contribution in [1.82, 2.24) is 4.98 Å². The number of hydrogen-bond donors (Lipinski definition) is 0. The molecule has 0 spiro atoms.